The summed E-state index contributed by atoms with van der Waals surface area (Å²) in [6, 6.07) is 11.5. The molecule has 0 unspecified atom stereocenters. The minimum atomic E-state index is 0.179. The van der Waals surface area contributed by atoms with Gasteiger partial charge in [-0.1, -0.05) is 39.7 Å². The SMILES string of the molecule is COc1ccc(Cn2cc3cc(Br)cc(Cl)c3c2O)cc1. The van der Waals surface area contributed by atoms with Gasteiger partial charge in [0.05, 0.1) is 24.1 Å². The molecule has 0 spiro atoms. The van der Waals surface area contributed by atoms with Crippen LogP contribution in [-0.2, 0) is 6.54 Å². The van der Waals surface area contributed by atoms with E-state index >= 15 is 0 Å². The number of aromatic nitrogens is 1. The summed E-state index contributed by atoms with van der Waals surface area (Å²) in [5.74, 6) is 0.992. The first-order valence-corrected chi connectivity index (χ1v) is 7.55. The number of methoxy groups -OCH3 is 1. The topological polar surface area (TPSA) is 34.4 Å². The van der Waals surface area contributed by atoms with Crippen LogP contribution in [0.4, 0.5) is 0 Å². The first-order chi connectivity index (χ1) is 10.1. The van der Waals surface area contributed by atoms with Gasteiger partial charge >= 0.3 is 0 Å². The molecule has 21 heavy (non-hydrogen) atoms. The van der Waals surface area contributed by atoms with Crippen LogP contribution in [-0.4, -0.2) is 16.8 Å². The number of halogens is 2. The van der Waals surface area contributed by atoms with Crippen LogP contribution in [0.2, 0.25) is 5.02 Å². The standard InChI is InChI=1S/C16H13BrClNO2/c1-21-13-4-2-10(3-5-13)8-19-9-11-6-12(17)7-14(18)15(11)16(19)20/h2-7,9,20H,8H2,1H3. The van der Waals surface area contributed by atoms with Gasteiger partial charge in [0.15, 0.2) is 0 Å². The van der Waals surface area contributed by atoms with Gasteiger partial charge in [0.2, 0.25) is 5.88 Å². The molecule has 1 heterocycles. The number of fused-ring (bicyclic) bond motifs is 1. The van der Waals surface area contributed by atoms with E-state index in [1.165, 1.54) is 0 Å². The molecule has 5 heteroatoms. The lowest BCUT2D eigenvalue weighted by molar-refractivity contribution is 0.414. The summed E-state index contributed by atoms with van der Waals surface area (Å²) in [6.07, 6.45) is 1.89. The van der Waals surface area contributed by atoms with E-state index in [-0.39, 0.29) is 5.88 Å². The van der Waals surface area contributed by atoms with Gasteiger partial charge < -0.3 is 14.4 Å². The molecule has 0 atom stereocenters. The first-order valence-electron chi connectivity index (χ1n) is 6.38. The molecule has 0 amide bonds. The van der Waals surface area contributed by atoms with E-state index in [2.05, 4.69) is 15.9 Å². The van der Waals surface area contributed by atoms with Gasteiger partial charge in [0.25, 0.3) is 0 Å². The Morgan fingerprint density at radius 2 is 1.95 bits per heavy atom. The Morgan fingerprint density at radius 1 is 1.24 bits per heavy atom. The van der Waals surface area contributed by atoms with Crippen molar-refractivity contribution in [1.82, 2.24) is 4.57 Å². The Bertz CT molecular complexity index is 796. The monoisotopic (exact) mass is 365 g/mol. The van der Waals surface area contributed by atoms with Crippen molar-refractivity contribution in [3.8, 4) is 11.6 Å². The average Bonchev–Trinajstić information content (AvgIpc) is 2.76. The maximum Gasteiger partial charge on any atom is 0.200 e. The van der Waals surface area contributed by atoms with Crippen molar-refractivity contribution in [3.05, 3.63) is 57.7 Å². The third kappa shape index (κ3) is 2.74. The van der Waals surface area contributed by atoms with Crippen molar-refractivity contribution >= 4 is 38.3 Å². The van der Waals surface area contributed by atoms with E-state index in [0.29, 0.717) is 17.0 Å². The number of rotatable bonds is 3. The lowest BCUT2D eigenvalue weighted by Crippen LogP contribution is -1.97. The molecule has 0 aliphatic carbocycles. The van der Waals surface area contributed by atoms with Gasteiger partial charge in [0, 0.05) is 16.1 Å². The van der Waals surface area contributed by atoms with Gasteiger partial charge in [-0.15, -0.1) is 0 Å². The van der Waals surface area contributed by atoms with E-state index < -0.39 is 0 Å². The van der Waals surface area contributed by atoms with Crippen LogP contribution in [0.3, 0.4) is 0 Å². The Kier molecular flexibility index (Phi) is 3.83. The fraction of sp³-hybridized carbons (Fsp3) is 0.125. The van der Waals surface area contributed by atoms with E-state index in [4.69, 9.17) is 16.3 Å². The molecule has 0 aliphatic rings. The number of hydrogen-bond acceptors (Lipinski definition) is 2. The van der Waals surface area contributed by atoms with Crippen LogP contribution in [0.25, 0.3) is 10.8 Å². The number of aromatic hydroxyl groups is 1. The fourth-order valence-corrected chi connectivity index (χ4v) is 3.27. The maximum atomic E-state index is 10.4. The van der Waals surface area contributed by atoms with Crippen molar-refractivity contribution in [2.24, 2.45) is 0 Å². The van der Waals surface area contributed by atoms with E-state index in [1.54, 1.807) is 17.7 Å². The lowest BCUT2D eigenvalue weighted by atomic mass is 10.2. The summed E-state index contributed by atoms with van der Waals surface area (Å²) >= 11 is 9.61. The van der Waals surface area contributed by atoms with Crippen molar-refractivity contribution < 1.29 is 9.84 Å². The van der Waals surface area contributed by atoms with Crippen molar-refractivity contribution in [2.45, 2.75) is 6.54 Å². The minimum absolute atomic E-state index is 0.179. The summed E-state index contributed by atoms with van der Waals surface area (Å²) in [4.78, 5) is 0. The highest BCUT2D eigenvalue weighted by Crippen LogP contribution is 2.36. The van der Waals surface area contributed by atoms with E-state index in [0.717, 1.165) is 21.2 Å². The zero-order valence-electron chi connectivity index (χ0n) is 11.3. The Morgan fingerprint density at radius 3 is 2.62 bits per heavy atom. The molecule has 0 saturated heterocycles. The molecule has 0 saturated carbocycles. The largest absolute Gasteiger partial charge is 0.497 e. The molecule has 0 bridgehead atoms. The fourth-order valence-electron chi connectivity index (χ4n) is 2.35. The zero-order valence-corrected chi connectivity index (χ0v) is 13.6. The summed E-state index contributed by atoms with van der Waals surface area (Å²) in [5, 5.41) is 12.5. The van der Waals surface area contributed by atoms with Gasteiger partial charge in [-0.3, -0.25) is 0 Å². The van der Waals surface area contributed by atoms with Gasteiger partial charge in [-0.2, -0.15) is 0 Å². The number of ether oxygens (including phenoxy) is 1. The molecule has 0 aliphatic heterocycles. The van der Waals surface area contributed by atoms with Crippen molar-refractivity contribution in [3.63, 3.8) is 0 Å². The second-order valence-electron chi connectivity index (χ2n) is 4.78. The minimum Gasteiger partial charge on any atom is -0.497 e. The molecule has 3 nitrogen and oxygen atoms in total. The summed E-state index contributed by atoms with van der Waals surface area (Å²) in [6.45, 7) is 0.568. The molecule has 1 aromatic heterocycles. The first kappa shape index (κ1) is 14.3. The second kappa shape index (κ2) is 5.62. The quantitative estimate of drug-likeness (QED) is 0.721. The number of hydrogen-bond donors (Lipinski definition) is 1. The highest BCUT2D eigenvalue weighted by molar-refractivity contribution is 9.10. The van der Waals surface area contributed by atoms with Crippen LogP contribution in [0.15, 0.2) is 47.1 Å². The third-order valence-electron chi connectivity index (χ3n) is 3.39. The van der Waals surface area contributed by atoms with E-state index in [1.807, 2.05) is 36.5 Å². The Hall–Kier alpha value is -1.65. The molecule has 3 aromatic rings. The van der Waals surface area contributed by atoms with Crippen LogP contribution in [0, 0.1) is 0 Å². The third-order valence-corrected chi connectivity index (χ3v) is 4.14. The van der Waals surface area contributed by atoms with Crippen LogP contribution in [0.1, 0.15) is 5.56 Å². The van der Waals surface area contributed by atoms with Gasteiger partial charge in [-0.25, -0.2) is 0 Å². The molecule has 108 valence electrons. The van der Waals surface area contributed by atoms with Crippen LogP contribution < -0.4 is 4.74 Å². The summed E-state index contributed by atoms with van der Waals surface area (Å²) in [5.41, 5.74) is 1.07. The number of nitrogens with zero attached hydrogens (tertiary/aromatic N) is 1. The predicted molar refractivity (Wildman–Crippen MR) is 88.4 cm³/mol. The molecular formula is C16H13BrClNO2. The summed E-state index contributed by atoms with van der Waals surface area (Å²) in [7, 11) is 1.64. The highest BCUT2D eigenvalue weighted by atomic mass is 79.9. The maximum absolute atomic E-state index is 10.4. The second-order valence-corrected chi connectivity index (χ2v) is 6.10. The van der Waals surface area contributed by atoms with Crippen LogP contribution in [0.5, 0.6) is 11.6 Å². The highest BCUT2D eigenvalue weighted by Gasteiger charge is 2.12. The van der Waals surface area contributed by atoms with E-state index in [9.17, 15) is 5.11 Å². The molecule has 0 radical (unpaired) electrons. The molecule has 2 aromatic carbocycles. The van der Waals surface area contributed by atoms with Crippen molar-refractivity contribution in [1.29, 1.82) is 0 Å². The number of benzene rings is 2. The van der Waals surface area contributed by atoms with Gasteiger partial charge in [-0.05, 0) is 29.8 Å². The molecule has 3 rings (SSSR count). The Labute approximate surface area is 135 Å². The smallest absolute Gasteiger partial charge is 0.200 e. The normalized spacial score (nSPS) is 11.0. The average molecular weight is 367 g/mol. The van der Waals surface area contributed by atoms with Crippen LogP contribution >= 0.6 is 27.5 Å². The molecule has 1 N–H and O–H groups in total. The zero-order chi connectivity index (χ0) is 15.0. The lowest BCUT2D eigenvalue weighted by Gasteiger charge is -2.06. The Balaban J connectivity index is 2.00. The summed E-state index contributed by atoms with van der Waals surface area (Å²) < 4.78 is 7.81. The molecule has 0 fully saturated rings. The van der Waals surface area contributed by atoms with Gasteiger partial charge in [0.1, 0.15) is 5.75 Å². The van der Waals surface area contributed by atoms with Crippen molar-refractivity contribution in [2.75, 3.05) is 7.11 Å². The molecular weight excluding hydrogens is 354 g/mol. The predicted octanol–water partition coefficient (Wildman–Crippen LogP) is 4.82.